The number of nitrogens with two attached hydrogens (primary N) is 1. The highest BCUT2D eigenvalue weighted by Crippen LogP contribution is 2.18. The Balaban J connectivity index is 1.96. The van der Waals surface area contributed by atoms with Crippen molar-refractivity contribution in [1.82, 2.24) is 10.5 Å². The third-order valence-corrected chi connectivity index (χ3v) is 2.93. The summed E-state index contributed by atoms with van der Waals surface area (Å²) in [5.74, 6) is 0.433. The first-order chi connectivity index (χ1) is 7.66. The number of nitrogen functional groups attached to an aromatic ring is 1. The molecule has 0 fully saturated rings. The lowest BCUT2D eigenvalue weighted by atomic mass is 10.3. The molecule has 0 saturated heterocycles. The summed E-state index contributed by atoms with van der Waals surface area (Å²) >= 11 is 1.31. The number of hydrogen-bond donors (Lipinski definition) is 2. The molecule has 0 spiro atoms. The molecule has 0 saturated carbocycles. The number of aryl methyl sites for hydroxylation is 1. The SMILES string of the molecule is Cc1cc(CNC(=O)c2sccc2N)on1. The topological polar surface area (TPSA) is 81.2 Å². The quantitative estimate of drug-likeness (QED) is 0.848. The fourth-order valence-corrected chi connectivity index (χ4v) is 1.99. The van der Waals surface area contributed by atoms with E-state index in [2.05, 4.69) is 10.5 Å². The van der Waals surface area contributed by atoms with E-state index in [-0.39, 0.29) is 5.91 Å². The number of carbonyl (C=O) groups excluding carboxylic acids is 1. The molecule has 0 aromatic carbocycles. The Morgan fingerprint density at radius 3 is 3.06 bits per heavy atom. The zero-order chi connectivity index (χ0) is 11.5. The molecule has 0 aliphatic carbocycles. The van der Waals surface area contributed by atoms with Crippen molar-refractivity contribution >= 4 is 22.9 Å². The summed E-state index contributed by atoms with van der Waals surface area (Å²) in [5, 5.41) is 8.22. The number of nitrogens with one attached hydrogen (secondary N) is 1. The van der Waals surface area contributed by atoms with Crippen LogP contribution < -0.4 is 11.1 Å². The number of rotatable bonds is 3. The molecule has 2 heterocycles. The molecule has 0 radical (unpaired) electrons. The van der Waals surface area contributed by atoms with Crippen molar-refractivity contribution in [2.24, 2.45) is 0 Å². The van der Waals surface area contributed by atoms with Gasteiger partial charge in [0.1, 0.15) is 4.88 Å². The maximum Gasteiger partial charge on any atom is 0.263 e. The van der Waals surface area contributed by atoms with E-state index in [1.165, 1.54) is 11.3 Å². The van der Waals surface area contributed by atoms with E-state index in [1.54, 1.807) is 17.5 Å². The van der Waals surface area contributed by atoms with Crippen molar-refractivity contribution < 1.29 is 9.32 Å². The van der Waals surface area contributed by atoms with Gasteiger partial charge < -0.3 is 15.6 Å². The van der Waals surface area contributed by atoms with Crippen LogP contribution in [0.25, 0.3) is 0 Å². The van der Waals surface area contributed by atoms with Crippen molar-refractivity contribution in [3.8, 4) is 0 Å². The first kappa shape index (κ1) is 10.7. The molecule has 0 aliphatic rings. The molecule has 0 atom stereocenters. The van der Waals surface area contributed by atoms with Crippen LogP contribution in [0.3, 0.4) is 0 Å². The van der Waals surface area contributed by atoms with Crippen molar-refractivity contribution in [2.75, 3.05) is 5.73 Å². The molecule has 84 valence electrons. The van der Waals surface area contributed by atoms with Gasteiger partial charge in [-0.1, -0.05) is 5.16 Å². The normalized spacial score (nSPS) is 10.3. The second-order valence-electron chi connectivity index (χ2n) is 3.32. The van der Waals surface area contributed by atoms with Gasteiger partial charge in [-0.25, -0.2) is 0 Å². The van der Waals surface area contributed by atoms with Crippen molar-refractivity contribution in [3.63, 3.8) is 0 Å². The maximum atomic E-state index is 11.7. The van der Waals surface area contributed by atoms with Crippen LogP contribution in [0.1, 0.15) is 21.1 Å². The summed E-state index contributed by atoms with van der Waals surface area (Å²) in [6.07, 6.45) is 0. The Hall–Kier alpha value is -1.82. The van der Waals surface area contributed by atoms with Crippen molar-refractivity contribution in [1.29, 1.82) is 0 Å². The van der Waals surface area contributed by atoms with Crippen LogP contribution in [0, 0.1) is 6.92 Å². The van der Waals surface area contributed by atoms with E-state index in [9.17, 15) is 4.79 Å². The lowest BCUT2D eigenvalue weighted by Gasteiger charge is -2.00. The van der Waals surface area contributed by atoms with Gasteiger partial charge in [-0.15, -0.1) is 11.3 Å². The van der Waals surface area contributed by atoms with Gasteiger partial charge in [0, 0.05) is 6.07 Å². The molecule has 0 bridgehead atoms. The number of anilines is 1. The molecular weight excluding hydrogens is 226 g/mol. The molecule has 3 N–H and O–H groups in total. The number of hydrogen-bond acceptors (Lipinski definition) is 5. The van der Waals surface area contributed by atoms with Gasteiger partial charge in [0.2, 0.25) is 0 Å². The zero-order valence-corrected chi connectivity index (χ0v) is 9.50. The third-order valence-electron chi connectivity index (χ3n) is 2.00. The van der Waals surface area contributed by atoms with Gasteiger partial charge in [0.05, 0.1) is 17.9 Å². The summed E-state index contributed by atoms with van der Waals surface area (Å²) in [6.45, 7) is 2.14. The molecule has 2 rings (SSSR count). The maximum absolute atomic E-state index is 11.7. The molecule has 5 nitrogen and oxygen atoms in total. The van der Waals surface area contributed by atoms with Crippen LogP contribution in [0.4, 0.5) is 5.69 Å². The first-order valence-electron chi connectivity index (χ1n) is 4.70. The molecule has 0 unspecified atom stereocenters. The van der Waals surface area contributed by atoms with Crippen LogP contribution in [-0.4, -0.2) is 11.1 Å². The molecule has 2 aromatic heterocycles. The van der Waals surface area contributed by atoms with E-state index in [1.807, 2.05) is 6.92 Å². The molecule has 16 heavy (non-hydrogen) atoms. The monoisotopic (exact) mass is 237 g/mol. The van der Waals surface area contributed by atoms with Gasteiger partial charge >= 0.3 is 0 Å². The standard InChI is InChI=1S/C10H11N3O2S/c1-6-4-7(15-13-6)5-12-10(14)9-8(11)2-3-16-9/h2-4H,5,11H2,1H3,(H,12,14). The molecule has 6 heteroatoms. The smallest absolute Gasteiger partial charge is 0.263 e. The molecule has 1 amide bonds. The van der Waals surface area contributed by atoms with Crippen LogP contribution in [-0.2, 0) is 6.54 Å². The van der Waals surface area contributed by atoms with E-state index in [0.29, 0.717) is 22.9 Å². The van der Waals surface area contributed by atoms with Crippen molar-refractivity contribution in [3.05, 3.63) is 33.8 Å². The summed E-state index contributed by atoms with van der Waals surface area (Å²) < 4.78 is 4.97. The Bertz CT molecular complexity index is 504. The highest BCUT2D eigenvalue weighted by Gasteiger charge is 2.11. The summed E-state index contributed by atoms with van der Waals surface area (Å²) in [7, 11) is 0. The minimum absolute atomic E-state index is 0.193. The number of amides is 1. The lowest BCUT2D eigenvalue weighted by Crippen LogP contribution is -2.22. The summed E-state index contributed by atoms with van der Waals surface area (Å²) in [5.41, 5.74) is 6.92. The summed E-state index contributed by atoms with van der Waals surface area (Å²) in [6, 6.07) is 3.48. The predicted octanol–water partition coefficient (Wildman–Crippen LogP) is 1.56. The number of carbonyl (C=O) groups is 1. The van der Waals surface area contributed by atoms with Gasteiger partial charge in [-0.3, -0.25) is 4.79 Å². The Morgan fingerprint density at radius 2 is 2.50 bits per heavy atom. The van der Waals surface area contributed by atoms with Gasteiger partial charge in [0.15, 0.2) is 5.76 Å². The van der Waals surface area contributed by atoms with E-state index >= 15 is 0 Å². The number of aromatic nitrogens is 1. The first-order valence-corrected chi connectivity index (χ1v) is 5.58. The Morgan fingerprint density at radius 1 is 1.69 bits per heavy atom. The van der Waals surface area contributed by atoms with Crippen LogP contribution in [0.2, 0.25) is 0 Å². The molecule has 2 aromatic rings. The van der Waals surface area contributed by atoms with Gasteiger partial charge in [-0.05, 0) is 18.4 Å². The van der Waals surface area contributed by atoms with E-state index in [0.717, 1.165) is 5.69 Å². The minimum Gasteiger partial charge on any atom is -0.397 e. The fraction of sp³-hybridized carbons (Fsp3) is 0.200. The fourth-order valence-electron chi connectivity index (χ4n) is 1.25. The minimum atomic E-state index is -0.193. The van der Waals surface area contributed by atoms with Crippen LogP contribution in [0.15, 0.2) is 22.0 Å². The molecule has 0 aliphatic heterocycles. The van der Waals surface area contributed by atoms with Crippen LogP contribution >= 0.6 is 11.3 Å². The summed E-state index contributed by atoms with van der Waals surface area (Å²) in [4.78, 5) is 12.2. The predicted molar refractivity (Wildman–Crippen MR) is 61.1 cm³/mol. The third kappa shape index (κ3) is 2.22. The number of nitrogens with zero attached hydrogens (tertiary/aromatic N) is 1. The zero-order valence-electron chi connectivity index (χ0n) is 8.69. The average molecular weight is 237 g/mol. The average Bonchev–Trinajstić information content (AvgIpc) is 2.84. The Labute approximate surface area is 96.2 Å². The van der Waals surface area contributed by atoms with Crippen molar-refractivity contribution in [2.45, 2.75) is 13.5 Å². The van der Waals surface area contributed by atoms with E-state index < -0.39 is 0 Å². The van der Waals surface area contributed by atoms with Crippen LogP contribution in [0.5, 0.6) is 0 Å². The highest BCUT2D eigenvalue weighted by molar-refractivity contribution is 7.12. The lowest BCUT2D eigenvalue weighted by molar-refractivity contribution is 0.0952. The Kier molecular flexibility index (Phi) is 2.91. The van der Waals surface area contributed by atoms with Gasteiger partial charge in [-0.2, -0.15) is 0 Å². The second-order valence-corrected chi connectivity index (χ2v) is 4.24. The highest BCUT2D eigenvalue weighted by atomic mass is 32.1. The molecular formula is C10H11N3O2S. The largest absolute Gasteiger partial charge is 0.397 e. The van der Waals surface area contributed by atoms with E-state index in [4.69, 9.17) is 10.3 Å². The number of thiophene rings is 1. The van der Waals surface area contributed by atoms with Gasteiger partial charge in [0.25, 0.3) is 5.91 Å². The second kappa shape index (κ2) is 4.36.